The normalized spacial score (nSPS) is 10.6. The van der Waals surface area contributed by atoms with Crippen LogP contribution in [0.5, 0.6) is 0 Å². The number of hydrogen-bond donors (Lipinski definition) is 1. The molecule has 106 valence electrons. The van der Waals surface area contributed by atoms with Crippen LogP contribution in [0.2, 0.25) is 0 Å². The van der Waals surface area contributed by atoms with Gasteiger partial charge in [-0.3, -0.25) is 9.59 Å². The third-order valence-corrected chi connectivity index (χ3v) is 4.73. The number of thiazole rings is 1. The lowest BCUT2D eigenvalue weighted by Crippen LogP contribution is -2.20. The Hall–Kier alpha value is -1.40. The predicted octanol–water partition coefficient (Wildman–Crippen LogP) is 3.32. The van der Waals surface area contributed by atoms with Gasteiger partial charge in [0.25, 0.3) is 0 Å². The summed E-state index contributed by atoms with van der Waals surface area (Å²) in [6, 6.07) is 5.67. The van der Waals surface area contributed by atoms with Crippen LogP contribution in [0.1, 0.15) is 17.7 Å². The first-order chi connectivity index (χ1) is 9.47. The summed E-state index contributed by atoms with van der Waals surface area (Å²) >= 11 is 4.59. The number of amides is 1. The fourth-order valence-corrected chi connectivity index (χ4v) is 2.92. The average molecular weight is 355 g/mol. The fraction of sp³-hybridized carbons (Fsp3) is 0.286. The molecule has 20 heavy (non-hydrogen) atoms. The van der Waals surface area contributed by atoms with Gasteiger partial charge < -0.3 is 9.88 Å². The minimum Gasteiger partial charge on any atom is -0.326 e. The molecule has 1 heterocycles. The minimum atomic E-state index is -0.0988. The van der Waals surface area contributed by atoms with Crippen LogP contribution in [-0.4, -0.2) is 10.5 Å². The number of halogens is 1. The van der Waals surface area contributed by atoms with Crippen molar-refractivity contribution in [2.45, 2.75) is 26.8 Å². The van der Waals surface area contributed by atoms with Crippen molar-refractivity contribution in [1.82, 2.24) is 4.57 Å². The first kappa shape index (κ1) is 15.0. The van der Waals surface area contributed by atoms with Crippen LogP contribution in [0, 0.1) is 13.8 Å². The largest absolute Gasteiger partial charge is 0.326 e. The number of benzene rings is 1. The molecule has 0 unspecified atom stereocenters. The summed E-state index contributed by atoms with van der Waals surface area (Å²) in [6.07, 6.45) is 0.281. The van der Waals surface area contributed by atoms with Crippen LogP contribution in [0.4, 0.5) is 5.69 Å². The molecule has 0 saturated heterocycles. The second kappa shape index (κ2) is 6.37. The van der Waals surface area contributed by atoms with E-state index in [1.165, 1.54) is 0 Å². The Labute approximate surface area is 129 Å². The molecular weight excluding hydrogens is 340 g/mol. The summed E-state index contributed by atoms with van der Waals surface area (Å²) in [7, 11) is 0. The zero-order chi connectivity index (χ0) is 14.7. The highest BCUT2D eigenvalue weighted by molar-refractivity contribution is 9.10. The molecule has 2 aromatic rings. The molecule has 0 aliphatic rings. The second-order valence-corrected chi connectivity index (χ2v) is 6.23. The highest BCUT2D eigenvalue weighted by Gasteiger charge is 2.07. The van der Waals surface area contributed by atoms with E-state index in [-0.39, 0.29) is 17.2 Å². The first-order valence-electron chi connectivity index (χ1n) is 6.18. The van der Waals surface area contributed by atoms with E-state index < -0.39 is 0 Å². The third kappa shape index (κ3) is 3.58. The van der Waals surface area contributed by atoms with Crippen molar-refractivity contribution < 1.29 is 4.79 Å². The average Bonchev–Trinajstić information content (AvgIpc) is 2.71. The smallest absolute Gasteiger partial charge is 0.307 e. The van der Waals surface area contributed by atoms with E-state index in [1.54, 1.807) is 9.95 Å². The number of aryl methyl sites for hydroxylation is 2. The zero-order valence-electron chi connectivity index (χ0n) is 11.3. The number of nitrogens with zero attached hydrogens (tertiary/aromatic N) is 1. The first-order valence-corrected chi connectivity index (χ1v) is 7.85. The Morgan fingerprint density at radius 3 is 2.75 bits per heavy atom. The number of carbonyl (C=O) groups is 1. The van der Waals surface area contributed by atoms with E-state index in [0.29, 0.717) is 6.54 Å². The molecule has 0 atom stereocenters. The highest BCUT2D eigenvalue weighted by Crippen LogP contribution is 2.20. The lowest BCUT2D eigenvalue weighted by molar-refractivity contribution is -0.116. The summed E-state index contributed by atoms with van der Waals surface area (Å²) < 4.78 is 2.58. The van der Waals surface area contributed by atoms with Crippen molar-refractivity contribution in [2.75, 3.05) is 5.32 Å². The molecule has 0 radical (unpaired) electrons. The molecule has 0 aliphatic heterocycles. The summed E-state index contributed by atoms with van der Waals surface area (Å²) in [5.74, 6) is -0.0988. The molecule has 1 aromatic carbocycles. The Morgan fingerprint density at radius 1 is 1.40 bits per heavy atom. The Morgan fingerprint density at radius 2 is 2.15 bits per heavy atom. The second-order valence-electron chi connectivity index (χ2n) is 4.56. The van der Waals surface area contributed by atoms with Crippen LogP contribution < -0.4 is 10.2 Å². The van der Waals surface area contributed by atoms with Gasteiger partial charge in [-0.2, -0.15) is 0 Å². The van der Waals surface area contributed by atoms with Gasteiger partial charge in [0.1, 0.15) is 0 Å². The van der Waals surface area contributed by atoms with Gasteiger partial charge in [0.2, 0.25) is 5.91 Å². The summed E-state index contributed by atoms with van der Waals surface area (Å²) in [6.45, 7) is 4.27. The van der Waals surface area contributed by atoms with E-state index in [2.05, 4.69) is 21.2 Å². The topological polar surface area (TPSA) is 51.1 Å². The van der Waals surface area contributed by atoms with Crippen LogP contribution in [0.3, 0.4) is 0 Å². The summed E-state index contributed by atoms with van der Waals surface area (Å²) in [4.78, 5) is 23.4. The van der Waals surface area contributed by atoms with E-state index in [4.69, 9.17) is 0 Å². The molecule has 1 aromatic heterocycles. The van der Waals surface area contributed by atoms with Gasteiger partial charge in [-0.25, -0.2) is 0 Å². The van der Waals surface area contributed by atoms with Gasteiger partial charge >= 0.3 is 4.87 Å². The van der Waals surface area contributed by atoms with E-state index in [0.717, 1.165) is 32.8 Å². The number of hydrogen-bond acceptors (Lipinski definition) is 3. The van der Waals surface area contributed by atoms with Crippen LogP contribution in [0.15, 0.2) is 32.8 Å². The van der Waals surface area contributed by atoms with Crippen molar-refractivity contribution in [1.29, 1.82) is 0 Å². The summed E-state index contributed by atoms with van der Waals surface area (Å²) in [5.41, 5.74) is 2.76. The Balaban J connectivity index is 1.96. The molecule has 0 saturated carbocycles. The molecule has 6 heteroatoms. The van der Waals surface area contributed by atoms with Gasteiger partial charge in [0.15, 0.2) is 0 Å². The summed E-state index contributed by atoms with van der Waals surface area (Å²) in [5, 5.41) is 4.63. The zero-order valence-corrected chi connectivity index (χ0v) is 13.7. The van der Waals surface area contributed by atoms with E-state index >= 15 is 0 Å². The van der Waals surface area contributed by atoms with E-state index in [9.17, 15) is 9.59 Å². The quantitative estimate of drug-likeness (QED) is 0.915. The van der Waals surface area contributed by atoms with Crippen molar-refractivity contribution in [2.24, 2.45) is 0 Å². The fourth-order valence-electron chi connectivity index (χ4n) is 1.78. The van der Waals surface area contributed by atoms with Crippen molar-refractivity contribution in [3.63, 3.8) is 0 Å². The molecule has 0 aliphatic carbocycles. The maximum Gasteiger partial charge on any atom is 0.307 e. The molecule has 1 amide bonds. The van der Waals surface area contributed by atoms with E-state index in [1.807, 2.05) is 32.0 Å². The molecule has 4 nitrogen and oxygen atoms in total. The molecule has 0 bridgehead atoms. The van der Waals surface area contributed by atoms with Crippen molar-refractivity contribution in [3.8, 4) is 0 Å². The lowest BCUT2D eigenvalue weighted by Gasteiger charge is -2.08. The predicted molar refractivity (Wildman–Crippen MR) is 85.4 cm³/mol. The van der Waals surface area contributed by atoms with Crippen LogP contribution in [-0.2, 0) is 11.3 Å². The van der Waals surface area contributed by atoms with Crippen LogP contribution in [0.25, 0.3) is 0 Å². The molecule has 0 spiro atoms. The SMILES string of the molecule is Cc1ccc(NC(=O)CCn2c(C)csc2=O)cc1Br. The Kier molecular flexibility index (Phi) is 4.77. The lowest BCUT2D eigenvalue weighted by atomic mass is 10.2. The van der Waals surface area contributed by atoms with Crippen LogP contribution >= 0.6 is 27.3 Å². The number of anilines is 1. The molecule has 2 rings (SSSR count). The molecule has 1 N–H and O–H groups in total. The van der Waals surface area contributed by atoms with Gasteiger partial charge in [-0.05, 0) is 31.5 Å². The maximum absolute atomic E-state index is 11.9. The Bertz CT molecular complexity index is 691. The van der Waals surface area contributed by atoms with Gasteiger partial charge in [-0.15, -0.1) is 0 Å². The number of carbonyl (C=O) groups excluding carboxylic acids is 1. The number of aromatic nitrogens is 1. The minimum absolute atomic E-state index is 0.0200. The highest BCUT2D eigenvalue weighted by atomic mass is 79.9. The van der Waals surface area contributed by atoms with Crippen molar-refractivity contribution >= 4 is 38.9 Å². The van der Waals surface area contributed by atoms with Crippen molar-refractivity contribution in [3.05, 3.63) is 49.0 Å². The molecular formula is C14H15BrN2O2S. The molecule has 0 fully saturated rings. The third-order valence-electron chi connectivity index (χ3n) is 2.99. The standard InChI is InChI=1S/C14H15BrN2O2S/c1-9-3-4-11(7-12(9)15)16-13(18)5-6-17-10(2)8-20-14(17)19/h3-4,7-8H,5-6H2,1-2H3,(H,16,18). The van der Waals surface area contributed by atoms with Gasteiger partial charge in [0, 0.05) is 34.2 Å². The maximum atomic E-state index is 11.9. The van der Waals surface area contributed by atoms with Gasteiger partial charge in [-0.1, -0.05) is 33.3 Å². The number of rotatable bonds is 4. The number of nitrogens with one attached hydrogen (secondary N) is 1. The monoisotopic (exact) mass is 354 g/mol. The van der Waals surface area contributed by atoms with Gasteiger partial charge in [0.05, 0.1) is 0 Å².